The number of nitrogens with zero attached hydrogens (tertiary/aromatic N) is 8. The highest BCUT2D eigenvalue weighted by atomic mass is 32.2. The van der Waals surface area contributed by atoms with Crippen molar-refractivity contribution in [1.29, 1.82) is 0 Å². The van der Waals surface area contributed by atoms with Gasteiger partial charge < -0.3 is 9.80 Å². The highest BCUT2D eigenvalue weighted by molar-refractivity contribution is 7.90. The second-order valence-corrected chi connectivity index (χ2v) is 21.5. The summed E-state index contributed by atoms with van der Waals surface area (Å²) in [6.45, 7) is 18.5. The molecular weight excluding hydrogens is 733 g/mol. The van der Waals surface area contributed by atoms with Crippen LogP contribution in [0.4, 0.5) is 0 Å². The van der Waals surface area contributed by atoms with E-state index in [2.05, 4.69) is 57.3 Å². The zero-order valence-corrected chi connectivity index (χ0v) is 34.8. The molecule has 8 rings (SSSR count). The van der Waals surface area contributed by atoms with Gasteiger partial charge in [0.2, 0.25) is 11.9 Å². The third-order valence-electron chi connectivity index (χ3n) is 12.8. The zero-order chi connectivity index (χ0) is 38.5. The molecule has 6 aliphatic rings. The molecule has 4 fully saturated rings. The number of piperazine rings is 2. The molecule has 2 saturated heterocycles. The van der Waals surface area contributed by atoms with Crippen molar-refractivity contribution in [3.63, 3.8) is 0 Å². The van der Waals surface area contributed by atoms with Gasteiger partial charge >= 0.3 is 0 Å². The van der Waals surface area contributed by atoms with E-state index in [4.69, 9.17) is 0 Å². The van der Waals surface area contributed by atoms with Crippen LogP contribution < -0.4 is 0 Å². The van der Waals surface area contributed by atoms with E-state index in [1.165, 1.54) is 33.6 Å². The van der Waals surface area contributed by atoms with Crippen LogP contribution in [0, 0.1) is 11.8 Å². The smallest absolute Gasteiger partial charge is 0.266 e. The molecule has 14 heteroatoms. The third-order valence-corrected chi connectivity index (χ3v) is 16.4. The molecular formula is C41H60N8O4S2. The number of hydrogen-bond acceptors (Lipinski definition) is 10. The number of aliphatic imine (C=N–C) groups is 2. The van der Waals surface area contributed by atoms with Crippen LogP contribution in [0.25, 0.3) is 0 Å². The van der Waals surface area contributed by atoms with Crippen LogP contribution in [0.3, 0.4) is 0 Å². The number of rotatable bonds is 10. The summed E-state index contributed by atoms with van der Waals surface area (Å²) in [6.07, 6.45) is 6.10. The molecule has 4 aliphatic heterocycles. The summed E-state index contributed by atoms with van der Waals surface area (Å²) in [6, 6.07) is 15.5. The third kappa shape index (κ3) is 8.15. The maximum absolute atomic E-state index is 13.8. The summed E-state index contributed by atoms with van der Waals surface area (Å²) < 4.78 is 58.1. The van der Waals surface area contributed by atoms with Gasteiger partial charge in [0.25, 0.3) is 20.0 Å². The molecule has 2 aliphatic carbocycles. The van der Waals surface area contributed by atoms with Crippen LogP contribution in [-0.4, -0.2) is 148 Å². The summed E-state index contributed by atoms with van der Waals surface area (Å²) in [5, 5.41) is 0. The fourth-order valence-electron chi connectivity index (χ4n) is 9.07. The molecule has 2 aromatic carbocycles. The van der Waals surface area contributed by atoms with Gasteiger partial charge in [0.1, 0.15) is 0 Å². The lowest BCUT2D eigenvalue weighted by Crippen LogP contribution is -2.57. The highest BCUT2D eigenvalue weighted by Gasteiger charge is 2.40. The molecule has 4 heterocycles. The summed E-state index contributed by atoms with van der Waals surface area (Å²) in [4.78, 5) is 19.4. The quantitative estimate of drug-likeness (QED) is 0.350. The summed E-state index contributed by atoms with van der Waals surface area (Å²) in [5.41, 5.74) is 2.25. The first-order valence-corrected chi connectivity index (χ1v) is 23.5. The minimum Gasteiger partial charge on any atom is -0.339 e. The summed E-state index contributed by atoms with van der Waals surface area (Å²) in [5.74, 6) is 3.05. The Morgan fingerprint density at radius 2 is 1.15 bits per heavy atom. The standard InChI is InChI=1S/C41H60N8O4S2/c1-31(34-7-11-37(12-8-34)54(50,51)48-17-15-42-39(48)46-21-19-44(20-22-46)30-32-5-6-32)27-33-28-36(29-33)45-23-25-47(26-24-45)40-43-16-18-49(40)55(52,53)38-13-9-35(10-14-38)41(2,3)4/h7-14,31-33,36H,5-6,15-30H2,1-4H3. The van der Waals surface area contributed by atoms with Gasteiger partial charge in [0.15, 0.2) is 0 Å². The molecule has 0 aromatic heterocycles. The van der Waals surface area contributed by atoms with E-state index in [1.54, 1.807) is 24.3 Å². The molecule has 1 unspecified atom stereocenters. The number of benzene rings is 2. The van der Waals surface area contributed by atoms with Crippen LogP contribution in [0.1, 0.15) is 76.8 Å². The van der Waals surface area contributed by atoms with Gasteiger partial charge in [-0.15, -0.1) is 0 Å². The van der Waals surface area contributed by atoms with E-state index in [9.17, 15) is 16.8 Å². The van der Waals surface area contributed by atoms with Crippen molar-refractivity contribution >= 4 is 32.0 Å². The number of sulfonamides is 2. The Morgan fingerprint density at radius 3 is 1.64 bits per heavy atom. The van der Waals surface area contributed by atoms with E-state index >= 15 is 0 Å². The first-order chi connectivity index (χ1) is 26.3. The van der Waals surface area contributed by atoms with Gasteiger partial charge in [-0.1, -0.05) is 52.0 Å². The van der Waals surface area contributed by atoms with Crippen molar-refractivity contribution in [2.45, 2.75) is 87.0 Å². The van der Waals surface area contributed by atoms with Crippen molar-refractivity contribution < 1.29 is 16.8 Å². The highest BCUT2D eigenvalue weighted by Crippen LogP contribution is 2.39. The Morgan fingerprint density at radius 1 is 0.655 bits per heavy atom. The van der Waals surface area contributed by atoms with E-state index in [1.807, 2.05) is 24.3 Å². The summed E-state index contributed by atoms with van der Waals surface area (Å²) >= 11 is 0. The Kier molecular flexibility index (Phi) is 10.7. The Labute approximate surface area is 329 Å². The molecule has 2 saturated carbocycles. The molecule has 0 radical (unpaired) electrons. The monoisotopic (exact) mass is 792 g/mol. The predicted molar refractivity (Wildman–Crippen MR) is 217 cm³/mol. The Balaban J connectivity index is 0.793. The van der Waals surface area contributed by atoms with Crippen molar-refractivity contribution in [2.75, 3.05) is 85.1 Å². The molecule has 2 aromatic rings. The molecule has 12 nitrogen and oxygen atoms in total. The minimum absolute atomic E-state index is 0.0416. The van der Waals surface area contributed by atoms with E-state index < -0.39 is 20.0 Å². The van der Waals surface area contributed by atoms with Gasteiger partial charge in [-0.05, 0) is 90.7 Å². The fraction of sp³-hybridized carbons (Fsp3) is 0.659. The van der Waals surface area contributed by atoms with Crippen molar-refractivity contribution in [2.24, 2.45) is 21.8 Å². The molecule has 0 bridgehead atoms. The van der Waals surface area contributed by atoms with Crippen molar-refractivity contribution in [1.82, 2.24) is 28.2 Å². The molecule has 300 valence electrons. The lowest BCUT2D eigenvalue weighted by atomic mass is 9.73. The van der Waals surface area contributed by atoms with E-state index in [-0.39, 0.29) is 5.41 Å². The zero-order valence-electron chi connectivity index (χ0n) is 33.2. The average molecular weight is 793 g/mol. The average Bonchev–Trinajstić information content (AvgIpc) is 3.59. The topological polar surface area (TPSA) is 112 Å². The van der Waals surface area contributed by atoms with Gasteiger partial charge in [-0.2, -0.15) is 0 Å². The second kappa shape index (κ2) is 15.3. The maximum Gasteiger partial charge on any atom is 0.266 e. The minimum atomic E-state index is -3.68. The first kappa shape index (κ1) is 38.7. The summed E-state index contributed by atoms with van der Waals surface area (Å²) in [7, 11) is -7.36. The SMILES string of the molecule is CC(CC1CC(N2CCN(C3=NCCN3S(=O)(=O)c3ccc(C(C)(C)C)cc3)CC2)C1)c1ccc(S(=O)(=O)N2CCN=C2N2CCN(CC3CC3)CC2)cc1. The first-order valence-electron chi connectivity index (χ1n) is 20.6. The van der Waals surface area contributed by atoms with E-state index in [0.29, 0.717) is 65.8 Å². The Hall–Kier alpha value is -3.20. The number of hydrogen-bond donors (Lipinski definition) is 0. The maximum atomic E-state index is 13.8. The van der Waals surface area contributed by atoms with E-state index in [0.717, 1.165) is 83.1 Å². The predicted octanol–water partition coefficient (Wildman–Crippen LogP) is 4.32. The van der Waals surface area contributed by atoms with Crippen LogP contribution in [0.15, 0.2) is 68.3 Å². The van der Waals surface area contributed by atoms with Crippen molar-refractivity contribution in [3.05, 3.63) is 59.7 Å². The van der Waals surface area contributed by atoms with Gasteiger partial charge in [-0.25, -0.2) is 25.4 Å². The normalized spacial score (nSPS) is 25.2. The Bertz CT molecular complexity index is 1950. The molecule has 0 N–H and O–H groups in total. The van der Waals surface area contributed by atoms with Crippen LogP contribution >= 0.6 is 0 Å². The van der Waals surface area contributed by atoms with Gasteiger partial charge in [-0.3, -0.25) is 19.8 Å². The number of guanidine groups is 2. The largest absolute Gasteiger partial charge is 0.339 e. The second-order valence-electron chi connectivity index (χ2n) is 17.7. The molecule has 0 amide bonds. The van der Waals surface area contributed by atoms with Crippen LogP contribution in [0.5, 0.6) is 0 Å². The van der Waals surface area contributed by atoms with Crippen LogP contribution in [0.2, 0.25) is 0 Å². The van der Waals surface area contributed by atoms with Gasteiger partial charge in [0.05, 0.1) is 36.0 Å². The molecule has 0 spiro atoms. The van der Waals surface area contributed by atoms with Gasteiger partial charge in [0, 0.05) is 64.9 Å². The van der Waals surface area contributed by atoms with Crippen molar-refractivity contribution in [3.8, 4) is 0 Å². The fourth-order valence-corrected chi connectivity index (χ4v) is 12.0. The van der Waals surface area contributed by atoms with Crippen LogP contribution in [-0.2, 0) is 25.5 Å². The molecule has 1 atom stereocenters. The lowest BCUT2D eigenvalue weighted by Gasteiger charge is -2.47. The molecule has 55 heavy (non-hydrogen) atoms. The lowest BCUT2D eigenvalue weighted by molar-refractivity contribution is 0.0431.